The van der Waals surface area contributed by atoms with Crippen LogP contribution in [0.4, 0.5) is 0 Å². The second-order valence-corrected chi connectivity index (χ2v) is 2.10. The average Bonchev–Trinajstić information content (AvgIpc) is 1.21. The monoisotopic (exact) mass is 120 g/mol. The molecule has 0 heterocycles. The minimum Gasteiger partial charge on any atom is -0.344 e. The average molecular weight is 120 g/mol. The van der Waals surface area contributed by atoms with Crippen LogP contribution < -0.4 is 0 Å². The zero-order valence-corrected chi connectivity index (χ0v) is 5.38. The summed E-state index contributed by atoms with van der Waals surface area (Å²) in [6, 6.07) is 0. The van der Waals surface area contributed by atoms with Crippen molar-refractivity contribution in [2.45, 2.75) is 32.8 Å². The Morgan fingerprint density at radius 1 is 1.38 bits per heavy atom. The topological polar surface area (TPSA) is 49.7 Å². The third kappa shape index (κ3) is 5.88. The first kappa shape index (κ1) is 7.88. The lowest BCUT2D eigenvalue weighted by atomic mass is 10.5. The van der Waals surface area contributed by atoms with E-state index >= 15 is 0 Å². The Hall–Kier alpha value is -0.120. The van der Waals surface area contributed by atoms with E-state index in [9.17, 15) is 0 Å². The van der Waals surface area contributed by atoms with Crippen molar-refractivity contribution < 1.29 is 14.9 Å². The predicted octanol–water partition coefficient (Wildman–Crippen LogP) is 0.0697. The lowest BCUT2D eigenvalue weighted by Crippen LogP contribution is -2.30. The molecule has 0 atom stereocenters. The van der Waals surface area contributed by atoms with E-state index in [1.165, 1.54) is 6.92 Å². The van der Waals surface area contributed by atoms with Crippen molar-refractivity contribution in [2.24, 2.45) is 0 Å². The molecule has 0 unspecified atom stereocenters. The van der Waals surface area contributed by atoms with Crippen LogP contribution in [-0.2, 0) is 4.74 Å². The lowest BCUT2D eigenvalue weighted by molar-refractivity contribution is -0.337. The highest BCUT2D eigenvalue weighted by Crippen LogP contribution is 2.02. The van der Waals surface area contributed by atoms with Crippen LogP contribution in [0.3, 0.4) is 0 Å². The Labute approximate surface area is 48.9 Å². The minimum atomic E-state index is -1.98. The molecule has 0 saturated carbocycles. The summed E-state index contributed by atoms with van der Waals surface area (Å²) in [5.41, 5.74) is 0. The second-order valence-electron chi connectivity index (χ2n) is 2.10. The van der Waals surface area contributed by atoms with Crippen molar-refractivity contribution in [1.82, 2.24) is 0 Å². The van der Waals surface area contributed by atoms with Gasteiger partial charge in [-0.05, 0) is 13.8 Å². The molecule has 0 aliphatic rings. The first-order valence-corrected chi connectivity index (χ1v) is 2.54. The standard InChI is InChI=1S/C5H12O3/c1-4(2)8-5(3,6)7/h4,6-7H,1-3H3. The molecule has 0 radical (unpaired) electrons. The highest BCUT2D eigenvalue weighted by molar-refractivity contribution is 4.41. The molecule has 3 heteroatoms. The molecule has 0 aromatic carbocycles. The molecule has 0 bridgehead atoms. The summed E-state index contributed by atoms with van der Waals surface area (Å²) in [5.74, 6) is -1.98. The van der Waals surface area contributed by atoms with E-state index < -0.39 is 5.97 Å². The van der Waals surface area contributed by atoms with Crippen LogP contribution >= 0.6 is 0 Å². The van der Waals surface area contributed by atoms with Gasteiger partial charge in [0.25, 0.3) is 5.97 Å². The van der Waals surface area contributed by atoms with E-state index in [2.05, 4.69) is 4.74 Å². The van der Waals surface area contributed by atoms with E-state index in [0.717, 1.165) is 0 Å². The van der Waals surface area contributed by atoms with Gasteiger partial charge in [-0.3, -0.25) is 0 Å². The number of aliphatic hydroxyl groups is 2. The van der Waals surface area contributed by atoms with E-state index in [1.54, 1.807) is 13.8 Å². The maximum atomic E-state index is 8.52. The van der Waals surface area contributed by atoms with Gasteiger partial charge in [0.15, 0.2) is 0 Å². The van der Waals surface area contributed by atoms with Gasteiger partial charge in [0, 0.05) is 6.92 Å². The van der Waals surface area contributed by atoms with E-state index in [1.807, 2.05) is 0 Å². The Morgan fingerprint density at radius 3 is 1.75 bits per heavy atom. The summed E-state index contributed by atoms with van der Waals surface area (Å²) in [4.78, 5) is 0. The molecule has 0 saturated heterocycles. The molecule has 0 aromatic heterocycles. The number of hydrogen-bond donors (Lipinski definition) is 2. The fraction of sp³-hybridized carbons (Fsp3) is 1.00. The van der Waals surface area contributed by atoms with Gasteiger partial charge in [0.2, 0.25) is 0 Å². The van der Waals surface area contributed by atoms with E-state index in [4.69, 9.17) is 10.2 Å². The largest absolute Gasteiger partial charge is 0.344 e. The van der Waals surface area contributed by atoms with Crippen molar-refractivity contribution in [1.29, 1.82) is 0 Å². The quantitative estimate of drug-likeness (QED) is 0.507. The molecule has 0 rings (SSSR count). The summed E-state index contributed by atoms with van der Waals surface area (Å²) < 4.78 is 4.55. The molecule has 0 aliphatic heterocycles. The van der Waals surface area contributed by atoms with Crippen LogP contribution in [0, 0.1) is 0 Å². The lowest BCUT2D eigenvalue weighted by Gasteiger charge is -2.18. The third-order valence-electron chi connectivity index (χ3n) is 0.459. The van der Waals surface area contributed by atoms with Gasteiger partial charge in [-0.1, -0.05) is 0 Å². The molecule has 0 amide bonds. The number of rotatable bonds is 2. The highest BCUT2D eigenvalue weighted by Gasteiger charge is 2.16. The molecule has 8 heavy (non-hydrogen) atoms. The molecular formula is C5H12O3. The van der Waals surface area contributed by atoms with Crippen LogP contribution in [0.15, 0.2) is 0 Å². The van der Waals surface area contributed by atoms with Crippen molar-refractivity contribution in [3.63, 3.8) is 0 Å². The van der Waals surface area contributed by atoms with Crippen LogP contribution in [0.1, 0.15) is 20.8 Å². The Balaban J connectivity index is 3.39. The third-order valence-corrected chi connectivity index (χ3v) is 0.459. The molecular weight excluding hydrogens is 108 g/mol. The van der Waals surface area contributed by atoms with Crippen LogP contribution in [0.5, 0.6) is 0 Å². The molecule has 0 fully saturated rings. The second kappa shape index (κ2) is 2.44. The fourth-order valence-electron chi connectivity index (χ4n) is 0.447. The molecule has 0 spiro atoms. The summed E-state index contributed by atoms with van der Waals surface area (Å²) in [7, 11) is 0. The predicted molar refractivity (Wildman–Crippen MR) is 29.1 cm³/mol. The Kier molecular flexibility index (Phi) is 2.40. The molecule has 2 N–H and O–H groups in total. The van der Waals surface area contributed by atoms with Crippen LogP contribution in [0.25, 0.3) is 0 Å². The minimum absolute atomic E-state index is 0.157. The molecule has 0 aromatic rings. The normalized spacial score (nSPS) is 12.8. The highest BCUT2D eigenvalue weighted by atomic mass is 16.8. The molecule has 0 aliphatic carbocycles. The van der Waals surface area contributed by atoms with Gasteiger partial charge < -0.3 is 14.9 Å². The first-order chi connectivity index (χ1) is 3.42. The van der Waals surface area contributed by atoms with Crippen LogP contribution in [-0.4, -0.2) is 22.3 Å². The van der Waals surface area contributed by atoms with Crippen LogP contribution in [0.2, 0.25) is 0 Å². The van der Waals surface area contributed by atoms with E-state index in [0.29, 0.717) is 0 Å². The van der Waals surface area contributed by atoms with Gasteiger partial charge in [-0.25, -0.2) is 0 Å². The number of hydrogen-bond acceptors (Lipinski definition) is 3. The maximum absolute atomic E-state index is 8.52. The Morgan fingerprint density at radius 2 is 1.75 bits per heavy atom. The SMILES string of the molecule is CC(C)OC(C)(O)O. The number of ether oxygens (including phenoxy) is 1. The van der Waals surface area contributed by atoms with Gasteiger partial charge in [0.05, 0.1) is 6.10 Å². The van der Waals surface area contributed by atoms with Gasteiger partial charge in [-0.2, -0.15) is 0 Å². The first-order valence-electron chi connectivity index (χ1n) is 2.54. The summed E-state index contributed by atoms with van der Waals surface area (Å²) in [5, 5.41) is 17.0. The maximum Gasteiger partial charge on any atom is 0.275 e. The van der Waals surface area contributed by atoms with Gasteiger partial charge >= 0.3 is 0 Å². The summed E-state index contributed by atoms with van der Waals surface area (Å²) >= 11 is 0. The zero-order valence-electron chi connectivity index (χ0n) is 5.38. The molecule has 3 nitrogen and oxygen atoms in total. The van der Waals surface area contributed by atoms with Crippen molar-refractivity contribution in [3.05, 3.63) is 0 Å². The van der Waals surface area contributed by atoms with Gasteiger partial charge in [0.1, 0.15) is 0 Å². The van der Waals surface area contributed by atoms with Crippen molar-refractivity contribution >= 4 is 0 Å². The summed E-state index contributed by atoms with van der Waals surface area (Å²) in [6.45, 7) is 4.63. The zero-order chi connectivity index (χ0) is 6.78. The van der Waals surface area contributed by atoms with Crippen molar-refractivity contribution in [3.8, 4) is 0 Å². The Bertz CT molecular complexity index is 62.6. The smallest absolute Gasteiger partial charge is 0.275 e. The van der Waals surface area contributed by atoms with Gasteiger partial charge in [-0.15, -0.1) is 0 Å². The van der Waals surface area contributed by atoms with Crippen molar-refractivity contribution in [2.75, 3.05) is 0 Å². The fourth-order valence-corrected chi connectivity index (χ4v) is 0.447. The molecule has 50 valence electrons. The summed E-state index contributed by atoms with van der Waals surface area (Å²) in [6.07, 6.45) is -0.157. The van der Waals surface area contributed by atoms with E-state index in [-0.39, 0.29) is 6.10 Å².